The molecular weight excluding hydrogens is 446 g/mol. The average molecular weight is 476 g/mol. The summed E-state index contributed by atoms with van der Waals surface area (Å²) >= 11 is 0. The third-order valence-corrected chi connectivity index (χ3v) is 8.63. The van der Waals surface area contributed by atoms with Crippen molar-refractivity contribution in [1.29, 1.82) is 5.26 Å². The number of likely N-dealkylation sites (N-methyl/N-ethyl adjacent to an activating group) is 1. The number of fused-ring (bicyclic) bond motifs is 6. The molecule has 36 heavy (non-hydrogen) atoms. The Balaban J connectivity index is 1.29. The molecule has 180 valence electrons. The molecule has 6 heteroatoms. The number of aryl methyl sites for hydroxylation is 1. The second kappa shape index (κ2) is 7.65. The van der Waals surface area contributed by atoms with E-state index in [9.17, 15) is 10.1 Å². The molecule has 1 aromatic carbocycles. The number of aromatic amines is 1. The van der Waals surface area contributed by atoms with Gasteiger partial charge in [0, 0.05) is 60.2 Å². The van der Waals surface area contributed by atoms with Gasteiger partial charge in [-0.05, 0) is 74.6 Å². The van der Waals surface area contributed by atoms with Crippen molar-refractivity contribution in [3.05, 3.63) is 70.1 Å². The van der Waals surface area contributed by atoms with Gasteiger partial charge in [0.05, 0.1) is 22.6 Å². The van der Waals surface area contributed by atoms with Crippen LogP contribution < -0.4 is 4.90 Å². The molecule has 6 nitrogen and oxygen atoms in total. The van der Waals surface area contributed by atoms with Crippen LogP contribution in [0.5, 0.6) is 0 Å². The van der Waals surface area contributed by atoms with Crippen LogP contribution in [0, 0.1) is 11.3 Å². The Morgan fingerprint density at radius 2 is 1.92 bits per heavy atom. The first-order valence-electron chi connectivity index (χ1n) is 12.9. The number of nitrogens with zero attached hydrogens (tertiary/aromatic N) is 4. The second-order valence-corrected chi connectivity index (χ2v) is 10.9. The molecule has 2 fully saturated rings. The summed E-state index contributed by atoms with van der Waals surface area (Å²) in [6, 6.07) is 10.7. The zero-order chi connectivity index (χ0) is 24.6. The van der Waals surface area contributed by atoms with Gasteiger partial charge < -0.3 is 14.8 Å². The molecule has 0 bridgehead atoms. The van der Waals surface area contributed by atoms with Crippen LogP contribution in [0.1, 0.15) is 52.5 Å². The Morgan fingerprint density at radius 1 is 1.11 bits per heavy atom. The number of nitriles is 1. The SMILES string of the molecule is CC1=CC2(CC2)c2[nH]c3c(c2C1=O)CCc1cnc(-c2ccc(N4CCN(C)CC4)c(C#N)c2)cc1-3. The van der Waals surface area contributed by atoms with Crippen molar-refractivity contribution in [2.24, 2.45) is 0 Å². The van der Waals surface area contributed by atoms with Crippen LogP contribution in [0.4, 0.5) is 5.69 Å². The fourth-order valence-electron chi connectivity index (χ4n) is 6.36. The van der Waals surface area contributed by atoms with Crippen LogP contribution in [-0.2, 0) is 18.3 Å². The first kappa shape index (κ1) is 21.6. The summed E-state index contributed by atoms with van der Waals surface area (Å²) in [5.41, 5.74) is 11.1. The van der Waals surface area contributed by atoms with Crippen LogP contribution >= 0.6 is 0 Å². The molecule has 4 aliphatic rings. The van der Waals surface area contributed by atoms with Crippen molar-refractivity contribution in [2.75, 3.05) is 38.1 Å². The average Bonchev–Trinajstić information content (AvgIpc) is 3.55. The number of Topliss-reactive ketones (excluding diaryl/α,β-unsaturated/α-hetero) is 1. The lowest BCUT2D eigenvalue weighted by atomic mass is 9.81. The van der Waals surface area contributed by atoms with Gasteiger partial charge in [0.15, 0.2) is 5.78 Å². The summed E-state index contributed by atoms with van der Waals surface area (Å²) in [5, 5.41) is 9.94. The summed E-state index contributed by atoms with van der Waals surface area (Å²) in [7, 11) is 2.14. The quantitative estimate of drug-likeness (QED) is 0.584. The third-order valence-electron chi connectivity index (χ3n) is 8.63. The monoisotopic (exact) mass is 475 g/mol. The Hall–Kier alpha value is -3.69. The minimum Gasteiger partial charge on any atom is -0.368 e. The molecule has 1 spiro atoms. The van der Waals surface area contributed by atoms with E-state index < -0.39 is 0 Å². The van der Waals surface area contributed by atoms with Gasteiger partial charge in [0.25, 0.3) is 0 Å². The van der Waals surface area contributed by atoms with E-state index in [2.05, 4.69) is 52.2 Å². The normalized spacial score (nSPS) is 19.9. The Morgan fingerprint density at radius 3 is 2.67 bits per heavy atom. The molecule has 7 rings (SSSR count). The largest absolute Gasteiger partial charge is 0.368 e. The molecule has 1 aliphatic heterocycles. The molecule has 1 saturated carbocycles. The van der Waals surface area contributed by atoms with Gasteiger partial charge in [0.2, 0.25) is 0 Å². The topological polar surface area (TPSA) is 76.0 Å². The standard InChI is InChI=1S/C30H29N5O/c1-18-15-30(7-8-30)29-26(28(18)36)22-5-3-20-17-32-24(14-23(20)27(22)33-29)19-4-6-25(21(13-19)16-31)35-11-9-34(2)10-12-35/h4,6,13-15,17,33H,3,5,7-12H2,1-2H3. The number of H-pyrrole nitrogens is 1. The van der Waals surface area contributed by atoms with E-state index in [0.717, 1.165) is 96.9 Å². The predicted octanol–water partition coefficient (Wildman–Crippen LogP) is 4.64. The van der Waals surface area contributed by atoms with E-state index in [0.29, 0.717) is 5.56 Å². The zero-order valence-electron chi connectivity index (χ0n) is 20.8. The highest BCUT2D eigenvalue weighted by Gasteiger charge is 2.50. The number of ketones is 1. The number of carbonyl (C=O) groups is 1. The van der Waals surface area contributed by atoms with E-state index >= 15 is 0 Å². The number of anilines is 1. The van der Waals surface area contributed by atoms with E-state index in [-0.39, 0.29) is 11.2 Å². The minimum atomic E-state index is 0.0292. The van der Waals surface area contributed by atoms with Crippen LogP contribution in [0.3, 0.4) is 0 Å². The second-order valence-electron chi connectivity index (χ2n) is 10.9. The lowest BCUT2D eigenvalue weighted by Gasteiger charge is -2.34. The molecule has 0 radical (unpaired) electrons. The predicted molar refractivity (Wildman–Crippen MR) is 140 cm³/mol. The number of nitrogens with one attached hydrogen (secondary N) is 1. The maximum absolute atomic E-state index is 13.2. The third kappa shape index (κ3) is 3.12. The summed E-state index contributed by atoms with van der Waals surface area (Å²) in [4.78, 5) is 26.3. The molecule has 3 aliphatic carbocycles. The van der Waals surface area contributed by atoms with Gasteiger partial charge in [-0.3, -0.25) is 9.78 Å². The molecule has 3 aromatic rings. The van der Waals surface area contributed by atoms with E-state index in [1.54, 1.807) is 0 Å². The number of pyridine rings is 1. The first-order valence-corrected chi connectivity index (χ1v) is 12.9. The molecule has 0 unspecified atom stereocenters. The van der Waals surface area contributed by atoms with Gasteiger partial charge in [-0.15, -0.1) is 0 Å². The van der Waals surface area contributed by atoms with Gasteiger partial charge in [0.1, 0.15) is 6.07 Å². The summed E-state index contributed by atoms with van der Waals surface area (Å²) in [5.74, 6) is 0.177. The highest BCUT2D eigenvalue weighted by atomic mass is 16.1. The molecular formula is C30H29N5O. The van der Waals surface area contributed by atoms with Crippen molar-refractivity contribution in [2.45, 2.75) is 38.0 Å². The van der Waals surface area contributed by atoms with Crippen LogP contribution in [0.25, 0.3) is 22.5 Å². The maximum Gasteiger partial charge on any atom is 0.190 e. The molecule has 1 N–H and O–H groups in total. The minimum absolute atomic E-state index is 0.0292. The van der Waals surface area contributed by atoms with Crippen molar-refractivity contribution >= 4 is 11.5 Å². The number of hydrogen-bond acceptors (Lipinski definition) is 5. The van der Waals surface area contributed by atoms with E-state index in [1.165, 1.54) is 11.1 Å². The Bertz CT molecular complexity index is 1510. The summed E-state index contributed by atoms with van der Waals surface area (Å²) in [6.07, 6.45) is 8.12. The van der Waals surface area contributed by atoms with E-state index in [4.69, 9.17) is 4.98 Å². The van der Waals surface area contributed by atoms with Crippen molar-refractivity contribution < 1.29 is 4.79 Å². The summed E-state index contributed by atoms with van der Waals surface area (Å²) in [6.45, 7) is 5.82. The summed E-state index contributed by atoms with van der Waals surface area (Å²) < 4.78 is 0. The molecule has 1 saturated heterocycles. The fourth-order valence-corrected chi connectivity index (χ4v) is 6.36. The number of rotatable bonds is 2. The molecule has 0 amide bonds. The number of aromatic nitrogens is 2. The maximum atomic E-state index is 13.2. The number of piperazine rings is 1. The lowest BCUT2D eigenvalue weighted by molar-refractivity contribution is 0.102. The highest BCUT2D eigenvalue weighted by molar-refractivity contribution is 6.13. The van der Waals surface area contributed by atoms with Gasteiger partial charge >= 0.3 is 0 Å². The first-order chi connectivity index (χ1) is 17.5. The van der Waals surface area contributed by atoms with Gasteiger partial charge in [-0.25, -0.2) is 0 Å². The fraction of sp³-hybridized carbons (Fsp3) is 0.367. The number of hydrogen-bond donors (Lipinski definition) is 1. The van der Waals surface area contributed by atoms with Crippen molar-refractivity contribution in [3.8, 4) is 28.6 Å². The van der Waals surface area contributed by atoms with E-state index in [1.807, 2.05) is 19.2 Å². The number of allylic oxidation sites excluding steroid dienone is 2. The van der Waals surface area contributed by atoms with Crippen LogP contribution in [0.2, 0.25) is 0 Å². The highest BCUT2D eigenvalue weighted by Crippen LogP contribution is 2.55. The van der Waals surface area contributed by atoms with Crippen molar-refractivity contribution in [1.82, 2.24) is 14.9 Å². The zero-order valence-corrected chi connectivity index (χ0v) is 20.8. The van der Waals surface area contributed by atoms with Gasteiger partial charge in [-0.1, -0.05) is 12.1 Å². The molecule has 2 aromatic heterocycles. The smallest absolute Gasteiger partial charge is 0.190 e. The van der Waals surface area contributed by atoms with Crippen LogP contribution in [-0.4, -0.2) is 53.9 Å². The van der Waals surface area contributed by atoms with Gasteiger partial charge in [-0.2, -0.15) is 5.26 Å². The molecule has 3 heterocycles. The van der Waals surface area contributed by atoms with Crippen LogP contribution in [0.15, 0.2) is 42.1 Å². The number of benzene rings is 1. The Labute approximate surface area is 211 Å². The Kier molecular flexibility index (Phi) is 4.59. The molecule has 0 atom stereocenters. The lowest BCUT2D eigenvalue weighted by Crippen LogP contribution is -2.44. The number of carbonyl (C=O) groups excluding carboxylic acids is 1. The van der Waals surface area contributed by atoms with Crippen molar-refractivity contribution in [3.63, 3.8) is 0 Å².